The van der Waals surface area contributed by atoms with Gasteiger partial charge in [0.2, 0.25) is 0 Å². The summed E-state index contributed by atoms with van der Waals surface area (Å²) in [4.78, 5) is 0. The predicted octanol–water partition coefficient (Wildman–Crippen LogP) is 34.3. The van der Waals surface area contributed by atoms with Crippen molar-refractivity contribution >= 4 is 130 Å². The highest BCUT2D eigenvalue weighted by molar-refractivity contribution is 6.25. The second-order valence-corrected chi connectivity index (χ2v) is 31.8. The van der Waals surface area contributed by atoms with Crippen LogP contribution in [0.4, 0.5) is 0 Å². The second kappa shape index (κ2) is 30.6. The molecule has 3 nitrogen and oxygen atoms in total. The molecule has 0 radical (unpaired) electrons. The van der Waals surface area contributed by atoms with Crippen molar-refractivity contribution in [1.29, 1.82) is 0 Å². The molecule has 3 aromatic heterocycles. The molecule has 0 aliphatic rings. The van der Waals surface area contributed by atoms with E-state index >= 15 is 0 Å². The first kappa shape index (κ1) is 72.1. The first-order valence-corrected chi connectivity index (χ1v) is 42.2. The van der Waals surface area contributed by atoms with E-state index in [2.05, 4.69) is 437 Å². The van der Waals surface area contributed by atoms with Crippen LogP contribution in [0.2, 0.25) is 0 Å². The Kier molecular flexibility index (Phi) is 17.9. The minimum Gasteiger partial charge on any atom is -0.456 e. The zero-order valence-electron chi connectivity index (χ0n) is 67.1. The van der Waals surface area contributed by atoms with E-state index in [1.807, 2.05) is 24.3 Å². The molecule has 0 unspecified atom stereocenters. The minimum absolute atomic E-state index is 0.919. The maximum atomic E-state index is 6.77. The standard InChI is InChI=1S/C44H28O.2C38H24O/c1-3-14-29(15-4-1)33-24-12-26-39-40-27-13-25-34(44(40)45-43(33)39)31-18-11-19-32(28-31)42-37-22-9-7-20-35(37)41(30-16-5-2-6-17-30)36-21-8-10-23-38(36)42;1-2-11-25(12-3-1)37-30-16-4-6-18-32(30)38(33-19-7-5-17-31(33)37)28-14-10-13-26(23-28)27-21-22-36-34(24-27)29-15-8-9-20-35(29)39-36;1-2-10-26(11-3-1)37-30-13-4-6-15-32(30)38(33-16-7-5-14-31(33)37)27-20-18-25(19-21-27)28-22-23-36-34(24-28)29-12-8-9-17-35(29)39-36/h1-28H;2*1-24H. The van der Waals surface area contributed by atoms with Crippen LogP contribution in [0, 0.1) is 0 Å². The maximum absolute atomic E-state index is 6.77. The lowest BCUT2D eigenvalue weighted by molar-refractivity contribution is 0.668. The predicted molar refractivity (Wildman–Crippen MR) is 521 cm³/mol. The maximum Gasteiger partial charge on any atom is 0.143 e. The zero-order valence-corrected chi connectivity index (χ0v) is 67.1. The van der Waals surface area contributed by atoms with Crippen LogP contribution in [0.15, 0.2) is 474 Å². The SMILES string of the molecule is c1ccc(-c2c3ccccc3c(-c3ccc(-c4ccc5oc6ccccc6c5c4)cc3)c3ccccc23)cc1.c1ccc(-c2c3ccccc3c(-c3cccc(-c4ccc5oc6ccccc6c5c4)c3)c3ccccc23)cc1.c1ccc(-c2c3ccccc3c(-c3cccc(-c4cccc5c4oc4c(-c6ccccc6)cccc45)c3)c3ccccc23)cc1. The molecular formula is C120H76O3. The molecule has 123 heavy (non-hydrogen) atoms. The fourth-order valence-electron chi connectivity index (χ4n) is 19.3. The molecule has 0 atom stereocenters. The van der Waals surface area contributed by atoms with Gasteiger partial charge < -0.3 is 13.3 Å². The highest BCUT2D eigenvalue weighted by Crippen LogP contribution is 2.50. The van der Waals surface area contributed by atoms with Gasteiger partial charge in [0.05, 0.1) is 0 Å². The van der Waals surface area contributed by atoms with Crippen LogP contribution >= 0.6 is 0 Å². The number of benzene rings is 22. The Hall–Kier alpha value is -16.2. The molecule has 22 aromatic carbocycles. The van der Waals surface area contributed by atoms with Crippen molar-refractivity contribution < 1.29 is 13.3 Å². The fraction of sp³-hybridized carbons (Fsp3) is 0. The Labute approximate surface area is 711 Å². The lowest BCUT2D eigenvalue weighted by Crippen LogP contribution is -1.91. The van der Waals surface area contributed by atoms with E-state index in [1.165, 1.54) is 154 Å². The lowest BCUT2D eigenvalue weighted by atomic mass is 9.85. The van der Waals surface area contributed by atoms with Gasteiger partial charge in [0, 0.05) is 43.4 Å². The first-order valence-electron chi connectivity index (χ1n) is 42.2. The highest BCUT2D eigenvalue weighted by atomic mass is 16.3. The average Bonchev–Trinajstić information content (AvgIpc) is 1.67. The second-order valence-electron chi connectivity index (χ2n) is 31.8. The summed E-state index contributed by atoms with van der Waals surface area (Å²) in [7, 11) is 0. The van der Waals surface area contributed by atoms with Crippen molar-refractivity contribution in [3.05, 3.63) is 461 Å². The molecule has 0 fully saturated rings. The van der Waals surface area contributed by atoms with Crippen LogP contribution in [0.3, 0.4) is 0 Å². The van der Waals surface area contributed by atoms with E-state index in [0.29, 0.717) is 0 Å². The van der Waals surface area contributed by atoms with Crippen molar-refractivity contribution in [2.45, 2.75) is 0 Å². The van der Waals surface area contributed by atoms with E-state index in [9.17, 15) is 0 Å². The summed E-state index contributed by atoms with van der Waals surface area (Å²) in [6, 6.07) is 165. The van der Waals surface area contributed by atoms with E-state index in [0.717, 1.165) is 88.1 Å². The number of para-hydroxylation sites is 4. The summed E-state index contributed by atoms with van der Waals surface area (Å²) in [5, 5.41) is 22.1. The van der Waals surface area contributed by atoms with Crippen LogP contribution in [-0.4, -0.2) is 0 Å². The summed E-state index contributed by atoms with van der Waals surface area (Å²) in [5.74, 6) is 0. The third-order valence-electron chi connectivity index (χ3n) is 24.8. The molecule has 25 aromatic rings. The normalized spacial score (nSPS) is 11.6. The number of fused-ring (bicyclic) bond motifs is 15. The van der Waals surface area contributed by atoms with E-state index in [-0.39, 0.29) is 0 Å². The molecule has 3 heterocycles. The van der Waals surface area contributed by atoms with Gasteiger partial charge in [-0.1, -0.05) is 413 Å². The van der Waals surface area contributed by atoms with Gasteiger partial charge >= 0.3 is 0 Å². The number of furan rings is 3. The van der Waals surface area contributed by atoms with E-state index < -0.39 is 0 Å². The molecule has 0 aliphatic heterocycles. The first-order chi connectivity index (χ1) is 61.0. The fourth-order valence-corrected chi connectivity index (χ4v) is 19.3. The summed E-state index contributed by atoms with van der Waals surface area (Å²) >= 11 is 0. The Morgan fingerprint density at radius 3 is 0.691 bits per heavy atom. The smallest absolute Gasteiger partial charge is 0.143 e. The van der Waals surface area contributed by atoms with Gasteiger partial charge in [-0.3, -0.25) is 0 Å². The van der Waals surface area contributed by atoms with Gasteiger partial charge in [-0.15, -0.1) is 0 Å². The Morgan fingerprint density at radius 2 is 0.325 bits per heavy atom. The monoisotopic (exact) mass is 1560 g/mol. The molecule has 0 aliphatic carbocycles. The Balaban J connectivity index is 0.000000107. The zero-order chi connectivity index (χ0) is 81.3. The van der Waals surface area contributed by atoms with Crippen LogP contribution in [-0.2, 0) is 0 Å². The van der Waals surface area contributed by atoms with Crippen molar-refractivity contribution in [3.63, 3.8) is 0 Å². The van der Waals surface area contributed by atoms with Gasteiger partial charge in [0.1, 0.15) is 33.5 Å². The third kappa shape index (κ3) is 12.7. The quantitative estimate of drug-likeness (QED) is 0.128. The Morgan fingerprint density at radius 1 is 0.106 bits per heavy atom. The van der Waals surface area contributed by atoms with Crippen molar-refractivity contribution in [2.75, 3.05) is 0 Å². The van der Waals surface area contributed by atoms with Crippen molar-refractivity contribution in [2.24, 2.45) is 0 Å². The average molecular weight is 1570 g/mol. The molecular weight excluding hydrogens is 1490 g/mol. The molecule has 574 valence electrons. The number of rotatable bonds is 10. The van der Waals surface area contributed by atoms with Gasteiger partial charge in [-0.2, -0.15) is 0 Å². The Bertz CT molecular complexity index is 8220. The van der Waals surface area contributed by atoms with Crippen LogP contribution in [0.5, 0.6) is 0 Å². The van der Waals surface area contributed by atoms with Gasteiger partial charge in [-0.05, 0) is 213 Å². The molecule has 0 saturated heterocycles. The summed E-state index contributed by atoms with van der Waals surface area (Å²) in [6.45, 7) is 0. The molecule has 25 rings (SSSR count). The molecule has 0 amide bonds. The van der Waals surface area contributed by atoms with Gasteiger partial charge in [0.15, 0.2) is 0 Å². The third-order valence-corrected chi connectivity index (χ3v) is 24.8. The highest BCUT2D eigenvalue weighted by Gasteiger charge is 2.24. The van der Waals surface area contributed by atoms with Gasteiger partial charge in [0.25, 0.3) is 0 Å². The van der Waals surface area contributed by atoms with Crippen molar-refractivity contribution in [1.82, 2.24) is 0 Å². The number of hydrogen-bond donors (Lipinski definition) is 0. The number of hydrogen-bond acceptors (Lipinski definition) is 3. The molecule has 0 bridgehead atoms. The molecule has 0 spiro atoms. The topological polar surface area (TPSA) is 39.4 Å². The van der Waals surface area contributed by atoms with E-state index in [1.54, 1.807) is 0 Å². The van der Waals surface area contributed by atoms with Crippen LogP contribution in [0.25, 0.3) is 242 Å². The van der Waals surface area contributed by atoms with Gasteiger partial charge in [-0.25, -0.2) is 0 Å². The lowest BCUT2D eigenvalue weighted by Gasteiger charge is -2.18. The summed E-state index contributed by atoms with van der Waals surface area (Å²) in [5.41, 5.74) is 29.8. The largest absolute Gasteiger partial charge is 0.456 e. The minimum atomic E-state index is 0.919. The van der Waals surface area contributed by atoms with Crippen LogP contribution < -0.4 is 0 Å². The van der Waals surface area contributed by atoms with Crippen molar-refractivity contribution in [3.8, 4) is 111 Å². The summed E-state index contributed by atoms with van der Waals surface area (Å²) in [6.07, 6.45) is 0. The molecule has 3 heteroatoms. The van der Waals surface area contributed by atoms with E-state index in [4.69, 9.17) is 13.3 Å². The van der Waals surface area contributed by atoms with Crippen LogP contribution in [0.1, 0.15) is 0 Å². The molecule has 0 N–H and O–H groups in total. The summed E-state index contributed by atoms with van der Waals surface area (Å²) < 4.78 is 18.9. The molecule has 0 saturated carbocycles.